The Bertz CT molecular complexity index is 2200. The fraction of sp³-hybridized carbons (Fsp3) is 0.229. The molecule has 5 aromatic rings. The first-order valence-electron chi connectivity index (χ1n) is 15.3. The second kappa shape index (κ2) is 16.6. The van der Waals surface area contributed by atoms with Gasteiger partial charge in [0, 0.05) is 24.4 Å². The van der Waals surface area contributed by atoms with Crippen LogP contribution in [0, 0.1) is 23.3 Å². The summed E-state index contributed by atoms with van der Waals surface area (Å²) >= 11 is 0. The number of carbonyl (C=O) groups excluding carboxylic acids is 1. The first-order valence-corrected chi connectivity index (χ1v) is 15.3. The van der Waals surface area contributed by atoms with Crippen LogP contribution in [0.2, 0.25) is 0 Å². The maximum Gasteiger partial charge on any atom is 0.387 e. The molecule has 0 bridgehead atoms. The van der Waals surface area contributed by atoms with Crippen LogP contribution in [0.4, 0.5) is 40.8 Å². The van der Waals surface area contributed by atoms with Crippen LogP contribution >= 0.6 is 0 Å². The lowest BCUT2D eigenvalue weighted by molar-refractivity contribution is -0.0505. The number of nitrogen functional groups attached to an aromatic ring is 1. The van der Waals surface area contributed by atoms with Crippen molar-refractivity contribution in [1.82, 2.24) is 14.5 Å². The number of anilines is 1. The number of benzene rings is 4. The summed E-state index contributed by atoms with van der Waals surface area (Å²) < 4.78 is 112. The minimum absolute atomic E-state index is 0.0140. The number of hydrogen-bond acceptors (Lipinski definition) is 7. The molecule has 4 N–H and O–H groups in total. The molecule has 0 aliphatic rings. The van der Waals surface area contributed by atoms with Crippen molar-refractivity contribution in [3.8, 4) is 11.5 Å². The summed E-state index contributed by atoms with van der Waals surface area (Å²) in [6.45, 7) is -3.57. The first kappa shape index (κ1) is 39.9. The highest BCUT2D eigenvalue weighted by Gasteiger charge is 2.22. The van der Waals surface area contributed by atoms with Crippen molar-refractivity contribution in [2.75, 3.05) is 5.73 Å². The number of nitrogens with zero attached hydrogens (tertiary/aromatic N) is 2. The number of halogens is 8. The van der Waals surface area contributed by atoms with Crippen LogP contribution in [0.5, 0.6) is 11.5 Å². The number of alkyl halides is 4. The van der Waals surface area contributed by atoms with Crippen LogP contribution in [0.1, 0.15) is 35.3 Å². The summed E-state index contributed by atoms with van der Waals surface area (Å²) in [5, 5.41) is 12.4. The molecule has 53 heavy (non-hydrogen) atoms. The minimum Gasteiger partial charge on any atom is -0.435 e. The van der Waals surface area contributed by atoms with Gasteiger partial charge in [-0.15, -0.1) is 0 Å². The Morgan fingerprint density at radius 2 is 1.26 bits per heavy atom. The van der Waals surface area contributed by atoms with E-state index in [1.54, 1.807) is 0 Å². The Hall–Kier alpha value is -5.91. The summed E-state index contributed by atoms with van der Waals surface area (Å²) in [5.74, 6) is -5.62. The van der Waals surface area contributed by atoms with E-state index >= 15 is 0 Å². The summed E-state index contributed by atoms with van der Waals surface area (Å²) in [5.41, 5.74) is 2.86. The van der Waals surface area contributed by atoms with E-state index in [4.69, 9.17) is 5.73 Å². The van der Waals surface area contributed by atoms with Gasteiger partial charge in [-0.25, -0.2) is 22.4 Å². The highest BCUT2D eigenvalue weighted by atomic mass is 19.3. The average molecular weight is 755 g/mol. The van der Waals surface area contributed by atoms with Crippen molar-refractivity contribution in [1.29, 1.82) is 0 Å². The molecule has 10 nitrogen and oxygen atoms in total. The molecule has 18 heteroatoms. The van der Waals surface area contributed by atoms with Gasteiger partial charge in [0.1, 0.15) is 11.5 Å². The molecular formula is C35H30F8N4O6. The van der Waals surface area contributed by atoms with Gasteiger partial charge in [-0.1, -0.05) is 24.3 Å². The van der Waals surface area contributed by atoms with E-state index in [-0.39, 0.29) is 53.3 Å². The number of rotatable bonds is 11. The van der Waals surface area contributed by atoms with E-state index in [1.807, 2.05) is 0 Å². The Kier molecular flexibility index (Phi) is 12.5. The fourth-order valence-corrected chi connectivity index (χ4v) is 4.88. The summed E-state index contributed by atoms with van der Waals surface area (Å²) in [6, 6.07) is 13.7. The molecule has 0 saturated heterocycles. The van der Waals surface area contributed by atoms with Crippen LogP contribution in [-0.2, 0) is 19.6 Å². The zero-order valence-corrected chi connectivity index (χ0v) is 27.7. The number of nitrogens with two attached hydrogens (primary N) is 1. The SMILES string of the molecule is CC(C)(O)Cn1c(=O)n(Cc2ccc(OC(F)F)cc2)c(=O)c2cc(F)c(F)cc21.Nc1cc(F)c(F)cc1C(=O)NCc1ccc(OC(F)F)cc1. The average Bonchev–Trinajstić information content (AvgIpc) is 3.07. The molecule has 0 fully saturated rings. The van der Waals surface area contributed by atoms with Crippen molar-refractivity contribution >= 4 is 22.5 Å². The van der Waals surface area contributed by atoms with E-state index in [9.17, 15) is 54.6 Å². The number of amides is 1. The van der Waals surface area contributed by atoms with E-state index in [1.165, 1.54) is 62.4 Å². The van der Waals surface area contributed by atoms with Crippen molar-refractivity contribution in [2.45, 2.75) is 52.3 Å². The quantitative estimate of drug-likeness (QED) is 0.112. The number of aliphatic hydroxyl groups is 1. The Balaban J connectivity index is 0.000000245. The van der Waals surface area contributed by atoms with Gasteiger partial charge in [-0.3, -0.25) is 18.7 Å². The van der Waals surface area contributed by atoms with E-state index in [0.717, 1.165) is 21.3 Å². The third-order valence-corrected chi connectivity index (χ3v) is 7.24. The lowest BCUT2D eigenvalue weighted by Crippen LogP contribution is -2.43. The van der Waals surface area contributed by atoms with Crippen molar-refractivity contribution in [3.05, 3.63) is 134 Å². The van der Waals surface area contributed by atoms with Gasteiger partial charge < -0.3 is 25.6 Å². The number of hydrogen-bond donors (Lipinski definition) is 3. The molecule has 1 aromatic heterocycles. The van der Waals surface area contributed by atoms with Crippen molar-refractivity contribution in [2.24, 2.45) is 0 Å². The number of aromatic nitrogens is 2. The van der Waals surface area contributed by atoms with Crippen LogP contribution in [-0.4, -0.2) is 39.0 Å². The van der Waals surface area contributed by atoms with Crippen LogP contribution in [0.3, 0.4) is 0 Å². The summed E-state index contributed by atoms with van der Waals surface area (Å²) in [4.78, 5) is 37.7. The van der Waals surface area contributed by atoms with Gasteiger partial charge in [0.25, 0.3) is 11.5 Å². The number of nitrogens with one attached hydrogen (secondary N) is 1. The second-order valence-corrected chi connectivity index (χ2v) is 11.9. The largest absolute Gasteiger partial charge is 0.435 e. The third kappa shape index (κ3) is 10.6. The predicted octanol–water partition coefficient (Wildman–Crippen LogP) is 5.94. The molecule has 0 spiro atoms. The highest BCUT2D eigenvalue weighted by Crippen LogP contribution is 2.20. The number of fused-ring (bicyclic) bond motifs is 1. The van der Waals surface area contributed by atoms with Crippen molar-refractivity contribution < 1.29 is 54.5 Å². The fourth-order valence-electron chi connectivity index (χ4n) is 4.88. The molecule has 1 amide bonds. The topological polar surface area (TPSA) is 138 Å². The smallest absolute Gasteiger partial charge is 0.387 e. The lowest BCUT2D eigenvalue weighted by Gasteiger charge is -2.21. The molecule has 0 aliphatic carbocycles. The van der Waals surface area contributed by atoms with E-state index in [2.05, 4.69) is 14.8 Å². The van der Waals surface area contributed by atoms with Gasteiger partial charge in [-0.2, -0.15) is 17.6 Å². The normalized spacial score (nSPS) is 11.4. The van der Waals surface area contributed by atoms with Gasteiger partial charge >= 0.3 is 18.9 Å². The van der Waals surface area contributed by atoms with Gasteiger partial charge in [0.05, 0.1) is 35.2 Å². The monoisotopic (exact) mass is 754 g/mol. The molecule has 1 heterocycles. The molecule has 0 radical (unpaired) electrons. The van der Waals surface area contributed by atoms with E-state index in [0.29, 0.717) is 23.3 Å². The molecule has 0 unspecified atom stereocenters. The lowest BCUT2D eigenvalue weighted by atomic mass is 10.1. The standard InChI is InChI=1S/C20H18F4N2O4.C15H12F4N2O2/c1-20(2,29)10-26-16-8-15(22)14(21)7-13(16)17(27)25(19(26)28)9-11-3-5-12(6-4-11)30-18(23)24;16-11-5-10(13(20)6-12(11)17)14(22)21-7-8-1-3-9(4-2-8)23-15(18)19/h3-8,18,29H,9-10H2,1-2H3;1-6,15H,7,20H2,(H,21,22). The van der Waals surface area contributed by atoms with Crippen LogP contribution in [0.25, 0.3) is 10.9 Å². The summed E-state index contributed by atoms with van der Waals surface area (Å²) in [6.07, 6.45) is 0. The molecule has 282 valence electrons. The van der Waals surface area contributed by atoms with Gasteiger partial charge in [0.2, 0.25) is 0 Å². The van der Waals surface area contributed by atoms with E-state index < -0.39 is 59.2 Å². The molecule has 0 aliphatic heterocycles. The molecule has 5 rings (SSSR count). The highest BCUT2D eigenvalue weighted by molar-refractivity contribution is 5.99. The van der Waals surface area contributed by atoms with Crippen LogP contribution < -0.4 is 31.8 Å². The Labute approximate surface area is 294 Å². The number of ether oxygens (including phenoxy) is 2. The predicted molar refractivity (Wildman–Crippen MR) is 176 cm³/mol. The zero-order chi connectivity index (χ0) is 39.2. The van der Waals surface area contributed by atoms with Crippen LogP contribution in [0.15, 0.2) is 82.4 Å². The Morgan fingerprint density at radius 3 is 1.79 bits per heavy atom. The molecule has 4 aromatic carbocycles. The molecular weight excluding hydrogens is 724 g/mol. The maximum absolute atomic E-state index is 13.8. The molecule has 0 saturated carbocycles. The Morgan fingerprint density at radius 1 is 0.774 bits per heavy atom. The zero-order valence-electron chi connectivity index (χ0n) is 27.7. The summed E-state index contributed by atoms with van der Waals surface area (Å²) in [7, 11) is 0. The second-order valence-electron chi connectivity index (χ2n) is 11.9. The number of carbonyl (C=O) groups is 1. The molecule has 0 atom stereocenters. The van der Waals surface area contributed by atoms with Crippen molar-refractivity contribution in [3.63, 3.8) is 0 Å². The van der Waals surface area contributed by atoms with Gasteiger partial charge in [0.15, 0.2) is 23.3 Å². The first-order chi connectivity index (χ1) is 24.8. The van der Waals surface area contributed by atoms with Gasteiger partial charge in [-0.05, 0) is 61.4 Å². The minimum atomic E-state index is -3.00. The third-order valence-electron chi connectivity index (χ3n) is 7.24. The maximum atomic E-state index is 13.8.